The fourth-order valence-electron chi connectivity index (χ4n) is 3.54. The summed E-state index contributed by atoms with van der Waals surface area (Å²) in [6, 6.07) is 0.133. The lowest BCUT2D eigenvalue weighted by Crippen LogP contribution is -2.46. The Bertz CT molecular complexity index is 395. The minimum absolute atomic E-state index is 0.0287. The smallest absolute Gasteiger partial charge is 0.317 e. The van der Waals surface area contributed by atoms with Gasteiger partial charge < -0.3 is 15.3 Å². The van der Waals surface area contributed by atoms with E-state index in [4.69, 9.17) is 5.11 Å². The van der Waals surface area contributed by atoms with Crippen LogP contribution in [-0.2, 0) is 4.79 Å². The molecule has 1 aliphatic heterocycles. The van der Waals surface area contributed by atoms with Crippen molar-refractivity contribution in [2.75, 3.05) is 13.1 Å². The highest BCUT2D eigenvalue weighted by Crippen LogP contribution is 2.35. The van der Waals surface area contributed by atoms with Crippen LogP contribution >= 0.6 is 0 Å². The van der Waals surface area contributed by atoms with Crippen LogP contribution in [0.3, 0.4) is 0 Å². The molecule has 2 aliphatic rings. The lowest BCUT2D eigenvalue weighted by atomic mass is 9.75. The average molecular weight is 282 g/mol. The van der Waals surface area contributed by atoms with Gasteiger partial charge in [-0.15, -0.1) is 0 Å². The SMILES string of the molecule is CC1CN(C(=O)NC2CCCC(C)(C)C2)CC1C(=O)O. The molecule has 1 saturated heterocycles. The van der Waals surface area contributed by atoms with Crippen molar-refractivity contribution < 1.29 is 14.7 Å². The summed E-state index contributed by atoms with van der Waals surface area (Å²) in [6.07, 6.45) is 4.39. The normalized spacial score (nSPS) is 33.0. The van der Waals surface area contributed by atoms with Gasteiger partial charge in [0.05, 0.1) is 5.92 Å². The lowest BCUT2D eigenvalue weighted by Gasteiger charge is -2.36. The number of hydrogen-bond acceptors (Lipinski definition) is 2. The summed E-state index contributed by atoms with van der Waals surface area (Å²) in [7, 11) is 0. The minimum atomic E-state index is -0.799. The van der Waals surface area contributed by atoms with E-state index in [1.54, 1.807) is 4.90 Å². The fraction of sp³-hybridized carbons (Fsp3) is 0.867. The van der Waals surface area contributed by atoms with Crippen LogP contribution in [0.4, 0.5) is 4.79 Å². The van der Waals surface area contributed by atoms with Gasteiger partial charge in [0.15, 0.2) is 0 Å². The van der Waals surface area contributed by atoms with Crippen LogP contribution in [0.5, 0.6) is 0 Å². The van der Waals surface area contributed by atoms with Crippen molar-refractivity contribution in [1.82, 2.24) is 10.2 Å². The predicted molar refractivity (Wildman–Crippen MR) is 76.4 cm³/mol. The summed E-state index contributed by atoms with van der Waals surface area (Å²) in [5, 5.41) is 12.2. The number of nitrogens with one attached hydrogen (secondary N) is 1. The minimum Gasteiger partial charge on any atom is -0.481 e. The van der Waals surface area contributed by atoms with Crippen molar-refractivity contribution in [2.45, 2.75) is 52.5 Å². The summed E-state index contributed by atoms with van der Waals surface area (Å²) < 4.78 is 0. The highest BCUT2D eigenvalue weighted by Gasteiger charge is 2.38. The Morgan fingerprint density at radius 3 is 2.55 bits per heavy atom. The van der Waals surface area contributed by atoms with Crippen LogP contribution < -0.4 is 5.32 Å². The molecule has 0 spiro atoms. The van der Waals surface area contributed by atoms with Crippen molar-refractivity contribution in [3.63, 3.8) is 0 Å². The van der Waals surface area contributed by atoms with E-state index in [1.807, 2.05) is 6.92 Å². The number of likely N-dealkylation sites (tertiary alicyclic amines) is 1. The van der Waals surface area contributed by atoms with Gasteiger partial charge in [-0.3, -0.25) is 4.79 Å². The number of carbonyl (C=O) groups excluding carboxylic acids is 1. The molecule has 5 heteroatoms. The van der Waals surface area contributed by atoms with Gasteiger partial charge in [-0.2, -0.15) is 0 Å². The van der Waals surface area contributed by atoms with Crippen LogP contribution in [0.1, 0.15) is 46.5 Å². The van der Waals surface area contributed by atoms with Crippen molar-refractivity contribution >= 4 is 12.0 Å². The topological polar surface area (TPSA) is 69.6 Å². The van der Waals surface area contributed by atoms with Crippen molar-refractivity contribution in [1.29, 1.82) is 0 Å². The third-order valence-corrected chi connectivity index (χ3v) is 4.75. The van der Waals surface area contributed by atoms with Crippen LogP contribution in [0, 0.1) is 17.3 Å². The second kappa shape index (κ2) is 5.62. The van der Waals surface area contributed by atoms with Gasteiger partial charge in [0, 0.05) is 19.1 Å². The maximum absolute atomic E-state index is 12.3. The molecule has 1 heterocycles. The number of hydrogen-bond donors (Lipinski definition) is 2. The summed E-state index contributed by atoms with van der Waals surface area (Å²) in [6.45, 7) is 7.25. The molecule has 3 atom stereocenters. The van der Waals surface area contributed by atoms with E-state index < -0.39 is 11.9 Å². The highest BCUT2D eigenvalue weighted by molar-refractivity contribution is 5.77. The second-order valence-electron chi connectivity index (χ2n) is 7.23. The number of urea groups is 1. The highest BCUT2D eigenvalue weighted by atomic mass is 16.4. The molecule has 114 valence electrons. The molecule has 2 fully saturated rings. The van der Waals surface area contributed by atoms with Gasteiger partial charge in [-0.25, -0.2) is 4.79 Å². The van der Waals surface area contributed by atoms with E-state index in [1.165, 1.54) is 6.42 Å². The number of carbonyl (C=O) groups is 2. The van der Waals surface area contributed by atoms with Gasteiger partial charge in [0.2, 0.25) is 0 Å². The number of carboxylic acid groups (broad SMARTS) is 1. The molecule has 3 unspecified atom stereocenters. The van der Waals surface area contributed by atoms with Gasteiger partial charge in [0.1, 0.15) is 0 Å². The molecule has 0 aromatic heterocycles. The zero-order valence-electron chi connectivity index (χ0n) is 12.7. The number of rotatable bonds is 2. The largest absolute Gasteiger partial charge is 0.481 e. The standard InChI is InChI=1S/C15H26N2O3/c1-10-8-17(9-12(10)13(18)19)14(20)16-11-5-4-6-15(2,3)7-11/h10-12H,4-9H2,1-3H3,(H,16,20)(H,18,19). The van der Waals surface area contributed by atoms with Gasteiger partial charge in [-0.1, -0.05) is 27.2 Å². The van der Waals surface area contributed by atoms with E-state index in [0.717, 1.165) is 19.3 Å². The maximum atomic E-state index is 12.3. The van der Waals surface area contributed by atoms with E-state index in [2.05, 4.69) is 19.2 Å². The zero-order chi connectivity index (χ0) is 14.9. The Labute approximate surface area is 120 Å². The number of aliphatic carboxylic acids is 1. The first-order chi connectivity index (χ1) is 9.28. The summed E-state index contributed by atoms with van der Waals surface area (Å²) >= 11 is 0. The van der Waals surface area contributed by atoms with E-state index >= 15 is 0 Å². The lowest BCUT2D eigenvalue weighted by molar-refractivity contribution is -0.142. The molecule has 1 saturated carbocycles. The molecule has 1 aliphatic carbocycles. The third kappa shape index (κ3) is 3.44. The first kappa shape index (κ1) is 15.1. The van der Waals surface area contributed by atoms with Crippen molar-refractivity contribution in [2.24, 2.45) is 17.3 Å². The average Bonchev–Trinajstić information content (AvgIpc) is 2.70. The van der Waals surface area contributed by atoms with Gasteiger partial charge in [-0.05, 0) is 30.6 Å². The van der Waals surface area contributed by atoms with E-state index in [9.17, 15) is 9.59 Å². The third-order valence-electron chi connectivity index (χ3n) is 4.75. The molecule has 0 radical (unpaired) electrons. The van der Waals surface area contributed by atoms with Crippen LogP contribution in [0.25, 0.3) is 0 Å². The zero-order valence-corrected chi connectivity index (χ0v) is 12.7. The molecule has 5 nitrogen and oxygen atoms in total. The van der Waals surface area contributed by atoms with Crippen molar-refractivity contribution in [3.05, 3.63) is 0 Å². The van der Waals surface area contributed by atoms with Crippen LogP contribution in [-0.4, -0.2) is 41.1 Å². The summed E-state index contributed by atoms with van der Waals surface area (Å²) in [4.78, 5) is 25.0. The molecule has 2 amide bonds. The van der Waals surface area contributed by atoms with Crippen LogP contribution in [0.2, 0.25) is 0 Å². The molecule has 0 aromatic carbocycles. The Kier molecular flexibility index (Phi) is 4.25. The van der Waals surface area contributed by atoms with Gasteiger partial charge >= 0.3 is 12.0 Å². The Balaban J connectivity index is 1.88. The van der Waals surface area contributed by atoms with Gasteiger partial charge in [0.25, 0.3) is 0 Å². The predicted octanol–water partition coefficient (Wildman–Crippen LogP) is 2.32. The molecule has 0 aromatic rings. The number of carboxylic acids is 1. The molecule has 20 heavy (non-hydrogen) atoms. The fourth-order valence-corrected chi connectivity index (χ4v) is 3.54. The Hall–Kier alpha value is -1.26. The monoisotopic (exact) mass is 282 g/mol. The summed E-state index contributed by atoms with van der Waals surface area (Å²) in [5.41, 5.74) is 0.290. The quantitative estimate of drug-likeness (QED) is 0.816. The molecule has 2 N–H and O–H groups in total. The molecular weight excluding hydrogens is 256 g/mol. The van der Waals surface area contributed by atoms with E-state index in [0.29, 0.717) is 13.1 Å². The molecular formula is C15H26N2O3. The molecule has 2 rings (SSSR count). The Morgan fingerprint density at radius 2 is 2.00 bits per heavy atom. The summed E-state index contributed by atoms with van der Waals surface area (Å²) in [5.74, 6) is -1.20. The first-order valence-corrected chi connectivity index (χ1v) is 7.57. The number of amides is 2. The maximum Gasteiger partial charge on any atom is 0.317 e. The molecule has 0 bridgehead atoms. The number of nitrogens with zero attached hydrogens (tertiary/aromatic N) is 1. The second-order valence-corrected chi connectivity index (χ2v) is 7.23. The Morgan fingerprint density at radius 1 is 1.30 bits per heavy atom. The van der Waals surface area contributed by atoms with Crippen molar-refractivity contribution in [3.8, 4) is 0 Å². The van der Waals surface area contributed by atoms with Crippen LogP contribution in [0.15, 0.2) is 0 Å². The van der Waals surface area contributed by atoms with E-state index in [-0.39, 0.29) is 23.4 Å². The first-order valence-electron chi connectivity index (χ1n) is 7.57.